The summed E-state index contributed by atoms with van der Waals surface area (Å²) >= 11 is 2.64. The predicted octanol–water partition coefficient (Wildman–Crippen LogP) is 4.91. The zero-order valence-corrected chi connectivity index (χ0v) is 25.0. The average Bonchev–Trinajstić information content (AvgIpc) is 3.73. The number of hydrogen-bond acceptors (Lipinski definition) is 10. The van der Waals surface area contributed by atoms with Crippen LogP contribution >= 0.6 is 23.1 Å². The van der Waals surface area contributed by atoms with Crippen LogP contribution in [-0.4, -0.2) is 67.6 Å². The number of hydrogen-bond donors (Lipinski definition) is 1. The summed E-state index contributed by atoms with van der Waals surface area (Å²) < 4.78 is 12.5. The Morgan fingerprint density at radius 2 is 1.95 bits per heavy atom. The standard InChI is InChI=1S/C28H36N6O5S2/c1-3-5-9-14-34-23(31-32-27(34)41-19-24(35)38-4-2)16-21-18-40-26(29-21)30-25(36)22-13-10-15-33(22)28(37)39-17-20-11-7-6-8-12-20/h6-8,11-12,18,22H,3-5,9-10,13-17,19H2,1-2H3,(H,29,30,36). The summed E-state index contributed by atoms with van der Waals surface area (Å²) in [6.45, 7) is 5.64. The first-order valence-corrected chi connectivity index (χ1v) is 15.8. The highest BCUT2D eigenvalue weighted by molar-refractivity contribution is 7.99. The fraction of sp³-hybridized carbons (Fsp3) is 0.500. The van der Waals surface area contributed by atoms with Crippen molar-refractivity contribution in [1.29, 1.82) is 0 Å². The number of amides is 2. The first-order chi connectivity index (χ1) is 20.0. The number of nitrogens with zero attached hydrogens (tertiary/aromatic N) is 5. The monoisotopic (exact) mass is 600 g/mol. The molecule has 3 heterocycles. The van der Waals surface area contributed by atoms with E-state index in [1.165, 1.54) is 28.0 Å². The molecule has 1 aromatic carbocycles. The van der Waals surface area contributed by atoms with Crippen LogP contribution in [0.4, 0.5) is 9.93 Å². The minimum atomic E-state index is -0.605. The summed E-state index contributed by atoms with van der Waals surface area (Å²) in [7, 11) is 0. The van der Waals surface area contributed by atoms with E-state index in [9.17, 15) is 14.4 Å². The van der Waals surface area contributed by atoms with Crippen molar-refractivity contribution in [2.45, 2.75) is 76.7 Å². The molecule has 220 valence electrons. The van der Waals surface area contributed by atoms with Crippen molar-refractivity contribution in [1.82, 2.24) is 24.6 Å². The third-order valence-corrected chi connectivity index (χ3v) is 8.27. The van der Waals surface area contributed by atoms with Crippen molar-refractivity contribution < 1.29 is 23.9 Å². The second-order valence-corrected chi connectivity index (χ2v) is 11.4. The second-order valence-electron chi connectivity index (χ2n) is 9.55. The Bertz CT molecular complexity index is 1300. The number of ether oxygens (including phenoxy) is 2. The first kappa shape index (κ1) is 30.5. The largest absolute Gasteiger partial charge is 0.465 e. The Morgan fingerprint density at radius 1 is 1.12 bits per heavy atom. The lowest BCUT2D eigenvalue weighted by atomic mass is 10.2. The van der Waals surface area contributed by atoms with Crippen LogP contribution in [0.15, 0.2) is 40.9 Å². The van der Waals surface area contributed by atoms with Gasteiger partial charge in [-0.3, -0.25) is 14.5 Å². The Morgan fingerprint density at radius 3 is 2.73 bits per heavy atom. The van der Waals surface area contributed by atoms with Gasteiger partial charge in [-0.15, -0.1) is 21.5 Å². The molecule has 1 unspecified atom stereocenters. The fourth-order valence-corrected chi connectivity index (χ4v) is 5.98. The maximum atomic E-state index is 13.1. The van der Waals surface area contributed by atoms with Crippen LogP contribution in [-0.2, 0) is 38.6 Å². The molecule has 11 nitrogen and oxygen atoms in total. The van der Waals surface area contributed by atoms with Crippen LogP contribution < -0.4 is 5.32 Å². The summed E-state index contributed by atoms with van der Waals surface area (Å²) in [6.07, 6.45) is 4.37. The van der Waals surface area contributed by atoms with E-state index in [4.69, 9.17) is 9.47 Å². The number of likely N-dealkylation sites (tertiary alicyclic amines) is 1. The zero-order chi connectivity index (χ0) is 29.0. The maximum Gasteiger partial charge on any atom is 0.410 e. The zero-order valence-electron chi connectivity index (χ0n) is 23.4. The third-order valence-electron chi connectivity index (χ3n) is 6.52. The van der Waals surface area contributed by atoms with Gasteiger partial charge < -0.3 is 19.4 Å². The minimum absolute atomic E-state index is 0.159. The summed E-state index contributed by atoms with van der Waals surface area (Å²) in [5.41, 5.74) is 1.64. The number of esters is 1. The van der Waals surface area contributed by atoms with Crippen molar-refractivity contribution >= 4 is 46.2 Å². The normalized spacial score (nSPS) is 14.7. The van der Waals surface area contributed by atoms with Crippen molar-refractivity contribution in [2.24, 2.45) is 0 Å². The number of benzene rings is 1. The highest BCUT2D eigenvalue weighted by Gasteiger charge is 2.35. The number of nitrogens with one attached hydrogen (secondary N) is 1. The molecule has 13 heteroatoms. The quantitative estimate of drug-likeness (QED) is 0.156. The van der Waals surface area contributed by atoms with E-state index < -0.39 is 12.1 Å². The van der Waals surface area contributed by atoms with E-state index in [1.54, 1.807) is 6.92 Å². The topological polar surface area (TPSA) is 129 Å². The summed E-state index contributed by atoms with van der Waals surface area (Å²) in [4.78, 5) is 43.7. The van der Waals surface area contributed by atoms with Gasteiger partial charge in [0.15, 0.2) is 10.3 Å². The molecule has 0 aliphatic carbocycles. The van der Waals surface area contributed by atoms with Gasteiger partial charge in [-0.1, -0.05) is 61.9 Å². The molecule has 41 heavy (non-hydrogen) atoms. The van der Waals surface area contributed by atoms with Crippen LogP contribution in [0.25, 0.3) is 0 Å². The molecule has 1 N–H and O–H groups in total. The average molecular weight is 601 g/mol. The van der Waals surface area contributed by atoms with Gasteiger partial charge in [0, 0.05) is 18.5 Å². The molecule has 3 aromatic rings. The van der Waals surface area contributed by atoms with Gasteiger partial charge in [0.25, 0.3) is 0 Å². The minimum Gasteiger partial charge on any atom is -0.465 e. The van der Waals surface area contributed by atoms with Gasteiger partial charge in [-0.05, 0) is 31.7 Å². The smallest absolute Gasteiger partial charge is 0.410 e. The highest BCUT2D eigenvalue weighted by Crippen LogP contribution is 2.24. The number of rotatable bonds is 14. The van der Waals surface area contributed by atoms with Crippen LogP contribution in [0.5, 0.6) is 0 Å². The summed E-state index contributed by atoms with van der Waals surface area (Å²) in [5, 5.41) is 14.6. The lowest BCUT2D eigenvalue weighted by Gasteiger charge is -2.22. The molecule has 2 amide bonds. The molecule has 0 spiro atoms. The number of anilines is 1. The molecule has 2 aromatic heterocycles. The lowest BCUT2D eigenvalue weighted by molar-refractivity contribution is -0.139. The number of carbonyl (C=O) groups excluding carboxylic acids is 3. The molecule has 1 aliphatic rings. The van der Waals surface area contributed by atoms with E-state index in [-0.39, 0.29) is 24.2 Å². The molecular weight excluding hydrogens is 564 g/mol. The maximum absolute atomic E-state index is 13.1. The third kappa shape index (κ3) is 8.77. The first-order valence-electron chi connectivity index (χ1n) is 13.9. The van der Waals surface area contributed by atoms with Gasteiger partial charge in [-0.2, -0.15) is 0 Å². The summed E-state index contributed by atoms with van der Waals surface area (Å²) in [5.74, 6) is 0.358. The van der Waals surface area contributed by atoms with Crippen LogP contribution in [0.2, 0.25) is 0 Å². The number of carbonyl (C=O) groups is 3. The lowest BCUT2D eigenvalue weighted by Crippen LogP contribution is -2.43. The number of thioether (sulfide) groups is 1. The Hall–Kier alpha value is -3.45. The molecule has 1 aliphatic heterocycles. The van der Waals surface area contributed by atoms with Crippen molar-refractivity contribution in [3.05, 3.63) is 52.8 Å². The van der Waals surface area contributed by atoms with Crippen molar-refractivity contribution in [2.75, 3.05) is 24.2 Å². The molecule has 0 radical (unpaired) electrons. The van der Waals surface area contributed by atoms with Crippen molar-refractivity contribution in [3.63, 3.8) is 0 Å². The molecule has 4 rings (SSSR count). The van der Waals surface area contributed by atoms with E-state index in [0.29, 0.717) is 36.3 Å². The van der Waals surface area contributed by atoms with E-state index >= 15 is 0 Å². The van der Waals surface area contributed by atoms with Gasteiger partial charge >= 0.3 is 12.1 Å². The highest BCUT2D eigenvalue weighted by atomic mass is 32.2. The number of unbranched alkanes of at least 4 members (excludes halogenated alkanes) is 2. The molecule has 0 bridgehead atoms. The van der Waals surface area contributed by atoms with E-state index in [2.05, 4.69) is 27.4 Å². The molecule has 1 saturated heterocycles. The molecule has 0 saturated carbocycles. The van der Waals surface area contributed by atoms with Crippen LogP contribution in [0.3, 0.4) is 0 Å². The fourth-order valence-electron chi connectivity index (χ4n) is 4.48. The molecular formula is C28H36N6O5S2. The second kappa shape index (κ2) is 15.5. The van der Waals surface area contributed by atoms with Crippen molar-refractivity contribution in [3.8, 4) is 0 Å². The Kier molecular flexibility index (Phi) is 11.6. The summed E-state index contributed by atoms with van der Waals surface area (Å²) in [6, 6.07) is 8.85. The van der Waals surface area contributed by atoms with Gasteiger partial charge in [0.2, 0.25) is 5.91 Å². The molecule has 1 fully saturated rings. The Labute approximate surface area is 248 Å². The predicted molar refractivity (Wildman–Crippen MR) is 157 cm³/mol. The van der Waals surface area contributed by atoms with Gasteiger partial charge in [0.1, 0.15) is 18.5 Å². The van der Waals surface area contributed by atoms with Crippen LogP contribution in [0.1, 0.15) is 63.0 Å². The van der Waals surface area contributed by atoms with Crippen LogP contribution in [0, 0.1) is 0 Å². The number of thiazole rings is 1. The van der Waals surface area contributed by atoms with E-state index in [0.717, 1.165) is 49.3 Å². The molecule has 1 atom stereocenters. The Balaban J connectivity index is 1.35. The van der Waals surface area contributed by atoms with Gasteiger partial charge in [0.05, 0.1) is 24.5 Å². The number of aromatic nitrogens is 4. The van der Waals surface area contributed by atoms with Gasteiger partial charge in [-0.25, -0.2) is 9.78 Å². The SMILES string of the molecule is CCCCCn1c(Cc2csc(NC(=O)C3CCCN3C(=O)OCc3ccccc3)n2)nnc1SCC(=O)OCC. The van der Waals surface area contributed by atoms with E-state index in [1.807, 2.05) is 40.3 Å².